The topological polar surface area (TPSA) is 75.5 Å². The summed E-state index contributed by atoms with van der Waals surface area (Å²) in [7, 11) is 0. The highest BCUT2D eigenvalue weighted by Crippen LogP contribution is 2.28. The average molecular weight is 367 g/mol. The van der Waals surface area contributed by atoms with E-state index in [1.54, 1.807) is 6.07 Å². The zero-order valence-corrected chi connectivity index (χ0v) is 15.6. The highest BCUT2D eigenvalue weighted by molar-refractivity contribution is 6.00. The molecule has 6 nitrogen and oxygen atoms in total. The van der Waals surface area contributed by atoms with Crippen molar-refractivity contribution in [3.8, 4) is 0 Å². The Balaban J connectivity index is 1.71. The molecular formula is C21H25N3O3. The van der Waals surface area contributed by atoms with Crippen molar-refractivity contribution in [3.05, 3.63) is 69.8 Å². The number of non-ortho nitro benzene ring substituents is 1. The lowest BCUT2D eigenvalue weighted by atomic mass is 10.1. The molecule has 3 rings (SSSR count). The van der Waals surface area contributed by atoms with Crippen LogP contribution in [0.3, 0.4) is 0 Å². The Kier molecular flexibility index (Phi) is 6.06. The normalized spacial score (nSPS) is 14.8. The van der Waals surface area contributed by atoms with Crippen molar-refractivity contribution in [2.24, 2.45) is 0 Å². The lowest BCUT2D eigenvalue weighted by Gasteiger charge is -2.22. The number of nitrogens with zero attached hydrogens (tertiary/aromatic N) is 2. The number of nitro groups is 1. The van der Waals surface area contributed by atoms with Gasteiger partial charge in [0.05, 0.1) is 16.2 Å². The number of benzene rings is 2. The number of aryl methyl sites for hydroxylation is 1. The number of hydrogen-bond acceptors (Lipinski definition) is 4. The van der Waals surface area contributed by atoms with Crippen LogP contribution in [-0.4, -0.2) is 30.0 Å². The van der Waals surface area contributed by atoms with Gasteiger partial charge < -0.3 is 10.2 Å². The third-order valence-electron chi connectivity index (χ3n) is 4.97. The third kappa shape index (κ3) is 4.84. The van der Waals surface area contributed by atoms with E-state index in [-0.39, 0.29) is 17.6 Å². The molecular weight excluding hydrogens is 342 g/mol. The zero-order chi connectivity index (χ0) is 19.2. The lowest BCUT2D eigenvalue weighted by Crippen LogP contribution is -2.34. The molecule has 1 heterocycles. The Morgan fingerprint density at radius 2 is 1.89 bits per heavy atom. The maximum atomic E-state index is 12.9. The van der Waals surface area contributed by atoms with Crippen molar-refractivity contribution in [2.75, 3.05) is 18.0 Å². The van der Waals surface area contributed by atoms with E-state index in [4.69, 9.17) is 0 Å². The quantitative estimate of drug-likeness (QED) is 0.594. The number of carbonyl (C=O) groups excluding carboxylic acids is 1. The molecule has 1 unspecified atom stereocenters. The molecule has 1 saturated heterocycles. The maximum absolute atomic E-state index is 12.9. The van der Waals surface area contributed by atoms with E-state index in [2.05, 4.69) is 22.3 Å². The van der Waals surface area contributed by atoms with Crippen LogP contribution < -0.4 is 10.2 Å². The van der Waals surface area contributed by atoms with Gasteiger partial charge in [0.1, 0.15) is 0 Å². The molecule has 0 spiro atoms. The van der Waals surface area contributed by atoms with Gasteiger partial charge in [-0.2, -0.15) is 0 Å². The van der Waals surface area contributed by atoms with E-state index >= 15 is 0 Å². The number of anilines is 1. The molecule has 1 atom stereocenters. The minimum Gasteiger partial charge on any atom is -0.371 e. The molecule has 1 aliphatic heterocycles. The summed E-state index contributed by atoms with van der Waals surface area (Å²) in [6.07, 6.45) is 3.83. The SMILES string of the molecule is CC(CCc1ccccc1)NC(=O)c1cc([N+](=O)[O-])ccc1N1CCCC1. The van der Waals surface area contributed by atoms with Gasteiger partial charge in [0, 0.05) is 31.3 Å². The molecule has 0 aromatic heterocycles. The Morgan fingerprint density at radius 1 is 1.19 bits per heavy atom. The highest BCUT2D eigenvalue weighted by atomic mass is 16.6. The summed E-state index contributed by atoms with van der Waals surface area (Å²) >= 11 is 0. The zero-order valence-electron chi connectivity index (χ0n) is 15.6. The first-order valence-corrected chi connectivity index (χ1v) is 9.43. The number of carbonyl (C=O) groups is 1. The number of hydrogen-bond donors (Lipinski definition) is 1. The summed E-state index contributed by atoms with van der Waals surface area (Å²) in [5, 5.41) is 14.2. The van der Waals surface area contributed by atoms with Gasteiger partial charge in [0.2, 0.25) is 0 Å². The van der Waals surface area contributed by atoms with Crippen LogP contribution in [0.1, 0.15) is 42.1 Å². The van der Waals surface area contributed by atoms with Crippen LogP contribution >= 0.6 is 0 Å². The van der Waals surface area contributed by atoms with Gasteiger partial charge in [0.15, 0.2) is 0 Å². The molecule has 0 saturated carbocycles. The van der Waals surface area contributed by atoms with Crippen molar-refractivity contribution in [2.45, 2.75) is 38.6 Å². The molecule has 1 aliphatic rings. The Morgan fingerprint density at radius 3 is 2.56 bits per heavy atom. The van der Waals surface area contributed by atoms with Gasteiger partial charge in [-0.05, 0) is 44.2 Å². The van der Waals surface area contributed by atoms with Crippen molar-refractivity contribution < 1.29 is 9.72 Å². The van der Waals surface area contributed by atoms with Crippen molar-refractivity contribution in [1.29, 1.82) is 0 Å². The summed E-state index contributed by atoms with van der Waals surface area (Å²) in [5.74, 6) is -0.249. The first-order chi connectivity index (χ1) is 13.0. The summed E-state index contributed by atoms with van der Waals surface area (Å²) in [5.41, 5.74) is 2.34. The summed E-state index contributed by atoms with van der Waals surface area (Å²) in [6.45, 7) is 3.72. The summed E-state index contributed by atoms with van der Waals surface area (Å²) < 4.78 is 0. The van der Waals surface area contributed by atoms with Gasteiger partial charge in [-0.1, -0.05) is 30.3 Å². The van der Waals surface area contributed by atoms with Crippen LogP contribution in [0, 0.1) is 10.1 Å². The fourth-order valence-electron chi connectivity index (χ4n) is 3.45. The van der Waals surface area contributed by atoms with E-state index in [1.807, 2.05) is 25.1 Å². The molecule has 142 valence electrons. The van der Waals surface area contributed by atoms with Crippen molar-refractivity contribution in [3.63, 3.8) is 0 Å². The van der Waals surface area contributed by atoms with Gasteiger partial charge in [-0.25, -0.2) is 0 Å². The minimum atomic E-state index is -0.455. The molecule has 1 amide bonds. The largest absolute Gasteiger partial charge is 0.371 e. The molecule has 1 fully saturated rings. The van der Waals surface area contributed by atoms with Crippen molar-refractivity contribution in [1.82, 2.24) is 5.32 Å². The Hall–Kier alpha value is -2.89. The fraction of sp³-hybridized carbons (Fsp3) is 0.381. The van der Waals surface area contributed by atoms with Crippen LogP contribution in [0.15, 0.2) is 48.5 Å². The van der Waals surface area contributed by atoms with E-state index in [1.165, 1.54) is 17.7 Å². The Bertz CT molecular complexity index is 802. The first kappa shape index (κ1) is 18.9. The lowest BCUT2D eigenvalue weighted by molar-refractivity contribution is -0.384. The predicted octanol–water partition coefficient (Wildman–Crippen LogP) is 3.95. The first-order valence-electron chi connectivity index (χ1n) is 9.43. The monoisotopic (exact) mass is 367 g/mol. The number of amides is 1. The Labute approximate surface area is 159 Å². The van der Waals surface area contributed by atoms with Crippen molar-refractivity contribution >= 4 is 17.3 Å². The molecule has 0 bridgehead atoms. The van der Waals surface area contributed by atoms with E-state index in [0.717, 1.165) is 44.5 Å². The number of nitrogens with one attached hydrogen (secondary N) is 1. The second-order valence-electron chi connectivity index (χ2n) is 7.05. The summed E-state index contributed by atoms with van der Waals surface area (Å²) in [6, 6.07) is 14.7. The average Bonchev–Trinajstić information content (AvgIpc) is 3.21. The number of nitro benzene ring substituents is 1. The van der Waals surface area contributed by atoms with Crippen LogP contribution in [0.5, 0.6) is 0 Å². The smallest absolute Gasteiger partial charge is 0.270 e. The summed E-state index contributed by atoms with van der Waals surface area (Å²) in [4.78, 5) is 25.7. The standard InChI is InChI=1S/C21H25N3O3/c1-16(9-10-17-7-3-2-4-8-17)22-21(25)19-15-18(24(26)27)11-12-20(19)23-13-5-6-14-23/h2-4,7-8,11-12,15-16H,5-6,9-10,13-14H2,1H3,(H,22,25). The number of rotatable bonds is 7. The molecule has 6 heteroatoms. The third-order valence-corrected chi connectivity index (χ3v) is 4.97. The van der Waals surface area contributed by atoms with Gasteiger partial charge >= 0.3 is 0 Å². The van der Waals surface area contributed by atoms with E-state index in [0.29, 0.717) is 5.56 Å². The second kappa shape index (κ2) is 8.66. The van der Waals surface area contributed by atoms with Crippen LogP contribution in [-0.2, 0) is 6.42 Å². The van der Waals surface area contributed by atoms with E-state index in [9.17, 15) is 14.9 Å². The molecule has 0 aliphatic carbocycles. The molecule has 1 N–H and O–H groups in total. The molecule has 27 heavy (non-hydrogen) atoms. The van der Waals surface area contributed by atoms with E-state index < -0.39 is 4.92 Å². The molecule has 2 aromatic rings. The highest BCUT2D eigenvalue weighted by Gasteiger charge is 2.23. The fourth-order valence-corrected chi connectivity index (χ4v) is 3.45. The van der Waals surface area contributed by atoms with Crippen LogP contribution in [0.2, 0.25) is 0 Å². The predicted molar refractivity (Wildman–Crippen MR) is 106 cm³/mol. The van der Waals surface area contributed by atoms with Gasteiger partial charge in [0.25, 0.3) is 11.6 Å². The minimum absolute atomic E-state index is 0.0246. The molecule has 2 aromatic carbocycles. The van der Waals surface area contributed by atoms with Gasteiger partial charge in [-0.3, -0.25) is 14.9 Å². The van der Waals surface area contributed by atoms with Crippen LogP contribution in [0.4, 0.5) is 11.4 Å². The maximum Gasteiger partial charge on any atom is 0.270 e. The second-order valence-corrected chi connectivity index (χ2v) is 7.05. The van der Waals surface area contributed by atoms with Gasteiger partial charge in [-0.15, -0.1) is 0 Å². The van der Waals surface area contributed by atoms with Crippen LogP contribution in [0.25, 0.3) is 0 Å². The molecule has 0 radical (unpaired) electrons.